The molecule has 1 aromatic carbocycles. The molecule has 0 unspecified atom stereocenters. The monoisotopic (exact) mass is 475 g/mol. The van der Waals surface area contributed by atoms with Gasteiger partial charge in [-0.1, -0.05) is 30.5 Å². The molecule has 172 valence electrons. The molecule has 3 aromatic heterocycles. The fourth-order valence-corrected chi connectivity index (χ4v) is 3.28. The predicted molar refractivity (Wildman–Crippen MR) is 130 cm³/mol. The molecular weight excluding hydrogens is 454 g/mol. The lowest BCUT2D eigenvalue weighted by molar-refractivity contribution is 0.0933. The number of amides is 1. The highest BCUT2D eigenvalue weighted by atomic mass is 35.5. The minimum Gasteiger partial charge on any atom is -0.382 e. The minimum absolute atomic E-state index is 0.000223. The Morgan fingerprint density at radius 3 is 2.91 bits per heavy atom. The molecule has 3 heterocycles. The summed E-state index contributed by atoms with van der Waals surface area (Å²) < 4.78 is 1.56. The van der Waals surface area contributed by atoms with Crippen molar-refractivity contribution < 1.29 is 4.79 Å². The number of aromatic nitrogens is 6. The van der Waals surface area contributed by atoms with Crippen molar-refractivity contribution in [2.24, 2.45) is 0 Å². The Labute approximate surface area is 201 Å². The van der Waals surface area contributed by atoms with Gasteiger partial charge in [0.15, 0.2) is 28.8 Å². The number of nitrogens with one attached hydrogen (secondary N) is 2. The summed E-state index contributed by atoms with van der Waals surface area (Å²) in [5.74, 6) is 6.38. The predicted octanol–water partition coefficient (Wildman–Crippen LogP) is 3.54. The van der Waals surface area contributed by atoms with Gasteiger partial charge in [0.05, 0.1) is 12.2 Å². The van der Waals surface area contributed by atoms with E-state index in [9.17, 15) is 4.79 Å². The SMILES string of the molecule is CCCC#Cc1cnc(N)c(C(=O)N[C@H](C)c2nnc3ccc(Nc4cccc(Cl)c4)nn23)n1. The van der Waals surface area contributed by atoms with Crippen LogP contribution in [0, 0.1) is 11.8 Å². The van der Waals surface area contributed by atoms with E-state index >= 15 is 0 Å². The van der Waals surface area contributed by atoms with Crippen LogP contribution < -0.4 is 16.4 Å². The number of nitrogen functional groups attached to an aromatic ring is 1. The third-order valence-electron chi connectivity index (χ3n) is 4.73. The number of fused-ring (bicyclic) bond motifs is 1. The fraction of sp³-hybridized carbons (Fsp3) is 0.217. The average molecular weight is 476 g/mol. The Morgan fingerprint density at radius 2 is 2.12 bits per heavy atom. The van der Waals surface area contributed by atoms with E-state index in [1.54, 1.807) is 35.7 Å². The van der Waals surface area contributed by atoms with Gasteiger partial charge in [-0.2, -0.15) is 4.52 Å². The van der Waals surface area contributed by atoms with Crippen LogP contribution in [0.2, 0.25) is 5.02 Å². The quantitative estimate of drug-likeness (QED) is 0.360. The number of carbonyl (C=O) groups excluding carboxylic acids is 1. The van der Waals surface area contributed by atoms with E-state index < -0.39 is 11.9 Å². The van der Waals surface area contributed by atoms with Crippen LogP contribution in [0.3, 0.4) is 0 Å². The highest BCUT2D eigenvalue weighted by Crippen LogP contribution is 2.20. The summed E-state index contributed by atoms with van der Waals surface area (Å²) in [4.78, 5) is 21.2. The molecule has 10 nitrogen and oxygen atoms in total. The van der Waals surface area contributed by atoms with E-state index in [4.69, 9.17) is 17.3 Å². The molecule has 4 aromatic rings. The smallest absolute Gasteiger partial charge is 0.274 e. The largest absolute Gasteiger partial charge is 0.382 e. The summed E-state index contributed by atoms with van der Waals surface area (Å²) in [6.07, 6.45) is 3.10. The maximum Gasteiger partial charge on any atom is 0.274 e. The molecule has 0 fully saturated rings. The minimum atomic E-state index is -0.549. The Balaban J connectivity index is 1.55. The number of nitrogens with two attached hydrogens (primary N) is 1. The maximum atomic E-state index is 12.9. The summed E-state index contributed by atoms with van der Waals surface area (Å²) in [5, 5.41) is 19.5. The van der Waals surface area contributed by atoms with Crippen molar-refractivity contribution in [2.75, 3.05) is 11.1 Å². The standard InChI is InChI=1S/C23H22ClN9O/c1-3-4-5-8-17-13-26-21(25)20(29-17)23(34)27-14(2)22-31-30-19-11-10-18(32-33(19)22)28-16-9-6-7-15(24)12-16/h6-7,9-14H,3-4H2,1-2H3,(H2,25,26)(H,27,34)(H,28,32)/t14-/m1/s1. The van der Waals surface area contributed by atoms with Gasteiger partial charge < -0.3 is 16.4 Å². The first-order chi connectivity index (χ1) is 16.4. The van der Waals surface area contributed by atoms with Crippen molar-refractivity contribution in [1.82, 2.24) is 35.1 Å². The van der Waals surface area contributed by atoms with Gasteiger partial charge in [0.1, 0.15) is 5.69 Å². The normalized spacial score (nSPS) is 11.5. The molecule has 1 atom stereocenters. The molecule has 0 saturated carbocycles. The molecule has 4 rings (SSSR count). The van der Waals surface area contributed by atoms with Gasteiger partial charge in [-0.3, -0.25) is 4.79 Å². The average Bonchev–Trinajstić information content (AvgIpc) is 3.24. The number of anilines is 3. The molecule has 0 aliphatic carbocycles. The Bertz CT molecular complexity index is 1410. The van der Waals surface area contributed by atoms with Crippen LogP contribution in [0.25, 0.3) is 5.65 Å². The van der Waals surface area contributed by atoms with Crippen molar-refractivity contribution in [3.05, 3.63) is 64.8 Å². The number of rotatable bonds is 6. The summed E-state index contributed by atoms with van der Waals surface area (Å²) >= 11 is 6.06. The highest BCUT2D eigenvalue weighted by Gasteiger charge is 2.21. The summed E-state index contributed by atoms with van der Waals surface area (Å²) in [5.41, 5.74) is 7.58. The van der Waals surface area contributed by atoms with Gasteiger partial charge in [-0.05, 0) is 49.6 Å². The van der Waals surface area contributed by atoms with Crippen LogP contribution in [0.5, 0.6) is 0 Å². The maximum absolute atomic E-state index is 12.9. The second kappa shape index (κ2) is 10.1. The van der Waals surface area contributed by atoms with Gasteiger partial charge in [-0.25, -0.2) is 9.97 Å². The van der Waals surface area contributed by atoms with Crippen molar-refractivity contribution in [3.8, 4) is 11.8 Å². The summed E-state index contributed by atoms with van der Waals surface area (Å²) in [6, 6.07) is 10.3. The van der Waals surface area contributed by atoms with Gasteiger partial charge in [0.2, 0.25) is 0 Å². The Kier molecular flexibility index (Phi) is 6.85. The molecule has 0 aliphatic heterocycles. The van der Waals surface area contributed by atoms with Gasteiger partial charge in [-0.15, -0.1) is 15.3 Å². The topological polar surface area (TPSA) is 136 Å². The van der Waals surface area contributed by atoms with Crippen molar-refractivity contribution in [2.45, 2.75) is 32.7 Å². The number of hydrogen-bond acceptors (Lipinski definition) is 8. The van der Waals surface area contributed by atoms with Crippen molar-refractivity contribution in [3.63, 3.8) is 0 Å². The highest BCUT2D eigenvalue weighted by molar-refractivity contribution is 6.30. The summed E-state index contributed by atoms with van der Waals surface area (Å²) in [7, 11) is 0. The van der Waals surface area contributed by atoms with Crippen LogP contribution in [0.4, 0.5) is 17.3 Å². The van der Waals surface area contributed by atoms with Crippen LogP contribution in [-0.4, -0.2) is 35.7 Å². The van der Waals surface area contributed by atoms with Crippen LogP contribution >= 0.6 is 11.6 Å². The fourth-order valence-electron chi connectivity index (χ4n) is 3.09. The molecular formula is C23H22ClN9O. The molecule has 0 spiro atoms. The number of hydrogen-bond donors (Lipinski definition) is 3. The van der Waals surface area contributed by atoms with Crippen LogP contribution in [0.15, 0.2) is 42.6 Å². The lowest BCUT2D eigenvalue weighted by Crippen LogP contribution is -2.30. The number of halogens is 1. The molecule has 0 radical (unpaired) electrons. The second-order valence-corrected chi connectivity index (χ2v) is 7.85. The van der Waals surface area contributed by atoms with E-state index in [2.05, 4.69) is 47.7 Å². The van der Waals surface area contributed by atoms with E-state index in [1.807, 2.05) is 19.1 Å². The van der Waals surface area contributed by atoms with E-state index in [0.717, 1.165) is 18.5 Å². The molecule has 0 saturated heterocycles. The van der Waals surface area contributed by atoms with Crippen molar-refractivity contribution in [1.29, 1.82) is 0 Å². The Hall–Kier alpha value is -4.23. The summed E-state index contributed by atoms with van der Waals surface area (Å²) in [6.45, 7) is 3.80. The lowest BCUT2D eigenvalue weighted by Gasteiger charge is -2.13. The molecule has 1 amide bonds. The molecule has 0 aliphatic rings. The zero-order valence-electron chi connectivity index (χ0n) is 18.6. The van der Waals surface area contributed by atoms with Gasteiger partial charge >= 0.3 is 0 Å². The molecule has 34 heavy (non-hydrogen) atoms. The third kappa shape index (κ3) is 5.22. The first-order valence-corrected chi connectivity index (χ1v) is 11.0. The zero-order valence-corrected chi connectivity index (χ0v) is 19.3. The first kappa shape index (κ1) is 22.9. The molecule has 4 N–H and O–H groups in total. The van der Waals surface area contributed by atoms with Crippen LogP contribution in [-0.2, 0) is 0 Å². The zero-order chi connectivity index (χ0) is 24.1. The van der Waals surface area contributed by atoms with Crippen LogP contribution in [0.1, 0.15) is 54.7 Å². The van der Waals surface area contributed by atoms with Gasteiger partial charge in [0.25, 0.3) is 5.91 Å². The lowest BCUT2D eigenvalue weighted by atomic mass is 10.2. The van der Waals surface area contributed by atoms with E-state index in [0.29, 0.717) is 28.0 Å². The number of carbonyl (C=O) groups is 1. The van der Waals surface area contributed by atoms with E-state index in [-0.39, 0.29) is 11.5 Å². The Morgan fingerprint density at radius 1 is 1.26 bits per heavy atom. The van der Waals surface area contributed by atoms with Gasteiger partial charge in [0, 0.05) is 17.1 Å². The van der Waals surface area contributed by atoms with Crippen molar-refractivity contribution >= 4 is 40.5 Å². The number of benzene rings is 1. The van der Waals surface area contributed by atoms with E-state index in [1.165, 1.54) is 6.20 Å². The second-order valence-electron chi connectivity index (χ2n) is 7.42. The first-order valence-electron chi connectivity index (χ1n) is 10.6. The third-order valence-corrected chi connectivity index (χ3v) is 4.96. The number of nitrogens with zero attached hydrogens (tertiary/aromatic N) is 6. The molecule has 0 bridgehead atoms. The molecule has 11 heteroatoms. The number of unbranched alkanes of at least 4 members (excludes halogenated alkanes) is 1.